The maximum absolute atomic E-state index is 10.9. The molecular formula is C10H22N2O2. The number of carboxylic acid groups (broad SMARTS) is 1. The Labute approximate surface area is 86.1 Å². The Morgan fingerprint density at radius 3 is 2.36 bits per heavy atom. The summed E-state index contributed by atoms with van der Waals surface area (Å²) in [5.41, 5.74) is -0.984. The molecule has 3 N–H and O–H groups in total. The van der Waals surface area contributed by atoms with Gasteiger partial charge in [0, 0.05) is 0 Å². The molecule has 0 radical (unpaired) electrons. The van der Waals surface area contributed by atoms with Gasteiger partial charge < -0.3 is 5.11 Å². The maximum Gasteiger partial charge on any atom is 0.338 e. The van der Waals surface area contributed by atoms with E-state index in [1.807, 2.05) is 6.92 Å². The second-order valence-electron chi connectivity index (χ2n) is 3.59. The number of hydrogen-bond donors (Lipinski definition) is 3. The normalized spacial score (nSPS) is 15.1. The molecule has 84 valence electrons. The van der Waals surface area contributed by atoms with Crippen LogP contribution >= 0.6 is 0 Å². The zero-order valence-electron chi connectivity index (χ0n) is 9.39. The van der Waals surface area contributed by atoms with Gasteiger partial charge in [-0.1, -0.05) is 26.7 Å². The van der Waals surface area contributed by atoms with E-state index in [1.54, 1.807) is 6.92 Å². The minimum Gasteiger partial charge on any atom is -0.479 e. The molecule has 0 spiro atoms. The van der Waals surface area contributed by atoms with Crippen LogP contribution in [0.2, 0.25) is 0 Å². The average molecular weight is 202 g/mol. The highest BCUT2D eigenvalue weighted by molar-refractivity contribution is 5.77. The molecule has 4 heteroatoms. The molecule has 0 amide bonds. The van der Waals surface area contributed by atoms with Crippen molar-refractivity contribution in [1.29, 1.82) is 0 Å². The number of aliphatic carboxylic acids is 1. The van der Waals surface area contributed by atoms with Crippen LogP contribution in [0.4, 0.5) is 0 Å². The van der Waals surface area contributed by atoms with Gasteiger partial charge in [0.25, 0.3) is 0 Å². The van der Waals surface area contributed by atoms with Crippen molar-refractivity contribution in [3.8, 4) is 0 Å². The van der Waals surface area contributed by atoms with Crippen molar-refractivity contribution in [3.05, 3.63) is 0 Å². The van der Waals surface area contributed by atoms with E-state index >= 15 is 0 Å². The summed E-state index contributed by atoms with van der Waals surface area (Å²) in [6, 6.07) is 0. The summed E-state index contributed by atoms with van der Waals surface area (Å²) in [5.74, 6) is -0.851. The van der Waals surface area contributed by atoms with Gasteiger partial charge >= 0.3 is 5.97 Å². The van der Waals surface area contributed by atoms with Gasteiger partial charge in [0.15, 0.2) is 5.66 Å². The fraction of sp³-hybridized carbons (Fsp3) is 0.900. The summed E-state index contributed by atoms with van der Waals surface area (Å²) in [6.45, 7) is 7.06. The Kier molecular flexibility index (Phi) is 6.49. The van der Waals surface area contributed by atoms with Crippen LogP contribution in [0.25, 0.3) is 0 Å². The third-order valence-corrected chi connectivity index (χ3v) is 2.22. The van der Waals surface area contributed by atoms with Crippen molar-refractivity contribution in [2.45, 2.75) is 45.7 Å². The lowest BCUT2D eigenvalue weighted by molar-refractivity contribution is -0.145. The number of nitrogens with one attached hydrogen (secondary N) is 2. The van der Waals surface area contributed by atoms with Gasteiger partial charge in [-0.3, -0.25) is 10.6 Å². The molecule has 1 unspecified atom stereocenters. The maximum atomic E-state index is 10.9. The van der Waals surface area contributed by atoms with E-state index in [2.05, 4.69) is 17.6 Å². The van der Waals surface area contributed by atoms with Gasteiger partial charge in [0.05, 0.1) is 0 Å². The van der Waals surface area contributed by atoms with Crippen LogP contribution in [0.3, 0.4) is 0 Å². The Morgan fingerprint density at radius 1 is 1.29 bits per heavy atom. The van der Waals surface area contributed by atoms with Crippen LogP contribution in [0.15, 0.2) is 0 Å². The summed E-state index contributed by atoms with van der Waals surface area (Å²) in [7, 11) is 0. The molecule has 1 atom stereocenters. The second kappa shape index (κ2) is 6.79. The zero-order chi connectivity index (χ0) is 11.0. The molecule has 0 saturated carbocycles. The minimum atomic E-state index is -0.984. The Bertz CT molecular complexity index is 174. The number of likely N-dealkylation sites (N-methyl/N-ethyl adjacent to an activating group) is 1. The summed E-state index contributed by atoms with van der Waals surface area (Å²) in [4.78, 5) is 10.9. The summed E-state index contributed by atoms with van der Waals surface area (Å²) in [6.07, 6.45) is 3.30. The van der Waals surface area contributed by atoms with Crippen molar-refractivity contribution in [2.75, 3.05) is 13.1 Å². The third kappa shape index (κ3) is 4.58. The molecule has 4 nitrogen and oxygen atoms in total. The van der Waals surface area contributed by atoms with E-state index in [9.17, 15) is 4.79 Å². The highest BCUT2D eigenvalue weighted by atomic mass is 16.4. The van der Waals surface area contributed by atoms with Gasteiger partial charge in [-0.25, -0.2) is 4.79 Å². The van der Waals surface area contributed by atoms with Crippen LogP contribution < -0.4 is 10.6 Å². The van der Waals surface area contributed by atoms with Gasteiger partial charge in [-0.05, 0) is 26.4 Å². The first-order valence-electron chi connectivity index (χ1n) is 5.30. The van der Waals surface area contributed by atoms with Crippen LogP contribution in [0.1, 0.15) is 40.0 Å². The summed E-state index contributed by atoms with van der Waals surface area (Å²) in [5, 5.41) is 14.9. The standard InChI is InChI=1S/C10H22N2O2/c1-4-6-7-8-12-10(3,9(13)14)11-5-2/h11-12H,4-8H2,1-3H3,(H,13,14). The number of rotatable bonds is 8. The SMILES string of the molecule is CCCCCNC(C)(NCC)C(=O)O. The van der Waals surface area contributed by atoms with E-state index < -0.39 is 11.6 Å². The van der Waals surface area contributed by atoms with Gasteiger partial charge in [-0.15, -0.1) is 0 Å². The Morgan fingerprint density at radius 2 is 1.93 bits per heavy atom. The van der Waals surface area contributed by atoms with Crippen LogP contribution in [-0.2, 0) is 4.79 Å². The van der Waals surface area contributed by atoms with E-state index in [1.165, 1.54) is 0 Å². The smallest absolute Gasteiger partial charge is 0.338 e. The quantitative estimate of drug-likeness (QED) is 0.408. The first-order chi connectivity index (χ1) is 6.56. The molecule has 0 heterocycles. The molecular weight excluding hydrogens is 180 g/mol. The van der Waals surface area contributed by atoms with Crippen molar-refractivity contribution < 1.29 is 9.90 Å². The van der Waals surface area contributed by atoms with Gasteiger partial charge in [0.2, 0.25) is 0 Å². The molecule has 0 rings (SSSR count). The fourth-order valence-electron chi connectivity index (χ4n) is 1.28. The lowest BCUT2D eigenvalue weighted by Crippen LogP contribution is -2.60. The van der Waals surface area contributed by atoms with Crippen molar-refractivity contribution >= 4 is 5.97 Å². The molecule has 0 bridgehead atoms. The topological polar surface area (TPSA) is 61.4 Å². The first-order valence-corrected chi connectivity index (χ1v) is 5.30. The van der Waals surface area contributed by atoms with Crippen molar-refractivity contribution in [3.63, 3.8) is 0 Å². The predicted octanol–water partition coefficient (Wildman–Crippen LogP) is 1.18. The molecule has 0 aliphatic rings. The molecule has 0 saturated heterocycles. The molecule has 0 aromatic rings. The molecule has 0 aliphatic heterocycles. The highest BCUT2D eigenvalue weighted by Gasteiger charge is 2.30. The number of carbonyl (C=O) groups is 1. The van der Waals surface area contributed by atoms with Crippen LogP contribution in [0.5, 0.6) is 0 Å². The Hall–Kier alpha value is -0.610. The van der Waals surface area contributed by atoms with Gasteiger partial charge in [0.1, 0.15) is 0 Å². The molecule has 14 heavy (non-hydrogen) atoms. The molecule has 0 aliphatic carbocycles. The predicted molar refractivity (Wildman–Crippen MR) is 57.2 cm³/mol. The number of carboxylic acids is 1. The van der Waals surface area contributed by atoms with E-state index in [0.29, 0.717) is 6.54 Å². The lowest BCUT2D eigenvalue weighted by Gasteiger charge is -2.27. The average Bonchev–Trinajstić information content (AvgIpc) is 2.13. The largest absolute Gasteiger partial charge is 0.479 e. The number of unbranched alkanes of at least 4 members (excludes halogenated alkanes) is 2. The van der Waals surface area contributed by atoms with Crippen molar-refractivity contribution in [2.24, 2.45) is 0 Å². The first kappa shape index (κ1) is 13.4. The highest BCUT2D eigenvalue weighted by Crippen LogP contribution is 2.00. The van der Waals surface area contributed by atoms with Crippen LogP contribution in [0, 0.1) is 0 Å². The monoisotopic (exact) mass is 202 g/mol. The van der Waals surface area contributed by atoms with Gasteiger partial charge in [-0.2, -0.15) is 0 Å². The molecule has 0 fully saturated rings. The minimum absolute atomic E-state index is 0.642. The van der Waals surface area contributed by atoms with E-state index in [0.717, 1.165) is 25.8 Å². The number of hydrogen-bond acceptors (Lipinski definition) is 3. The summed E-state index contributed by atoms with van der Waals surface area (Å²) < 4.78 is 0. The zero-order valence-corrected chi connectivity index (χ0v) is 9.39. The Balaban J connectivity index is 3.90. The fourth-order valence-corrected chi connectivity index (χ4v) is 1.28. The van der Waals surface area contributed by atoms with Crippen molar-refractivity contribution in [1.82, 2.24) is 10.6 Å². The lowest BCUT2D eigenvalue weighted by atomic mass is 10.2. The second-order valence-corrected chi connectivity index (χ2v) is 3.59. The van der Waals surface area contributed by atoms with E-state index in [4.69, 9.17) is 5.11 Å². The van der Waals surface area contributed by atoms with Crippen LogP contribution in [-0.4, -0.2) is 29.8 Å². The molecule has 0 aromatic heterocycles. The third-order valence-electron chi connectivity index (χ3n) is 2.22. The molecule has 0 aromatic carbocycles. The summed E-state index contributed by atoms with van der Waals surface area (Å²) >= 11 is 0. The van der Waals surface area contributed by atoms with E-state index in [-0.39, 0.29) is 0 Å².